The summed E-state index contributed by atoms with van der Waals surface area (Å²) in [6.07, 6.45) is 2.16. The zero-order valence-corrected chi connectivity index (χ0v) is 17.3. The summed E-state index contributed by atoms with van der Waals surface area (Å²) in [7, 11) is 1.95. The van der Waals surface area contributed by atoms with Crippen LogP contribution in [0.2, 0.25) is 5.02 Å². The maximum absolute atomic E-state index is 12.8. The van der Waals surface area contributed by atoms with E-state index in [1.54, 1.807) is 0 Å². The van der Waals surface area contributed by atoms with E-state index in [9.17, 15) is 4.79 Å². The molecule has 1 atom stereocenters. The first-order valence-electron chi connectivity index (χ1n) is 7.78. The van der Waals surface area contributed by atoms with Gasteiger partial charge in [0.1, 0.15) is 9.88 Å². The van der Waals surface area contributed by atoms with Gasteiger partial charge in [0, 0.05) is 29.7 Å². The van der Waals surface area contributed by atoms with Gasteiger partial charge in [0.15, 0.2) is 0 Å². The maximum Gasteiger partial charge on any atom is 0.265 e. The van der Waals surface area contributed by atoms with Gasteiger partial charge in [-0.05, 0) is 38.9 Å². The second-order valence-electron chi connectivity index (χ2n) is 5.82. The molecule has 25 heavy (non-hydrogen) atoms. The Labute approximate surface area is 169 Å². The number of hydrogen-bond donors (Lipinski definition) is 1. The average molecular weight is 423 g/mol. The quantitative estimate of drug-likeness (QED) is 0.795. The number of thiazole rings is 1. The highest BCUT2D eigenvalue weighted by Crippen LogP contribution is 2.30. The van der Waals surface area contributed by atoms with Gasteiger partial charge in [-0.25, -0.2) is 4.98 Å². The van der Waals surface area contributed by atoms with Crippen LogP contribution in [0.15, 0.2) is 24.3 Å². The molecule has 4 nitrogen and oxygen atoms in total. The zero-order chi connectivity index (χ0) is 16.4. The smallest absolute Gasteiger partial charge is 0.265 e. The summed E-state index contributed by atoms with van der Waals surface area (Å²) >= 11 is 7.39. The van der Waals surface area contributed by atoms with Crippen molar-refractivity contribution in [3.05, 3.63) is 39.9 Å². The molecule has 8 heteroatoms. The van der Waals surface area contributed by atoms with Crippen LogP contribution < -0.4 is 5.32 Å². The molecule has 0 bridgehead atoms. The molecule has 138 valence electrons. The first-order valence-corrected chi connectivity index (χ1v) is 8.98. The minimum Gasteiger partial charge on any atom is -0.336 e. The summed E-state index contributed by atoms with van der Waals surface area (Å²) in [6, 6.07) is 7.95. The van der Waals surface area contributed by atoms with E-state index in [4.69, 9.17) is 11.6 Å². The molecule has 1 fully saturated rings. The van der Waals surface area contributed by atoms with Gasteiger partial charge >= 0.3 is 0 Å². The van der Waals surface area contributed by atoms with Crippen LogP contribution in [0.3, 0.4) is 0 Å². The van der Waals surface area contributed by atoms with E-state index >= 15 is 0 Å². The van der Waals surface area contributed by atoms with Crippen molar-refractivity contribution in [1.82, 2.24) is 15.2 Å². The lowest BCUT2D eigenvalue weighted by Crippen LogP contribution is -2.46. The van der Waals surface area contributed by atoms with Crippen molar-refractivity contribution in [3.63, 3.8) is 0 Å². The number of carbonyl (C=O) groups excluding carboxylic acids is 1. The van der Waals surface area contributed by atoms with Crippen molar-refractivity contribution in [1.29, 1.82) is 0 Å². The lowest BCUT2D eigenvalue weighted by molar-refractivity contribution is 0.0702. The van der Waals surface area contributed by atoms with E-state index in [0.29, 0.717) is 11.1 Å². The van der Waals surface area contributed by atoms with E-state index in [2.05, 4.69) is 10.3 Å². The van der Waals surface area contributed by atoms with E-state index in [-0.39, 0.29) is 30.7 Å². The Morgan fingerprint density at radius 2 is 2.00 bits per heavy atom. The van der Waals surface area contributed by atoms with Crippen molar-refractivity contribution >= 4 is 53.7 Å². The standard InChI is InChI=1S/C17H20ClN3OS.2ClH/c1-11-15(17(22)21-9-3-4-14(10-21)19-2)23-16(20-11)12-5-7-13(18)8-6-12;;/h5-8,14,19H,3-4,9-10H2,1-2H3;2*1H. The van der Waals surface area contributed by atoms with Crippen LogP contribution in [0.5, 0.6) is 0 Å². The lowest BCUT2D eigenvalue weighted by Gasteiger charge is -2.32. The first kappa shape index (κ1) is 22.2. The average Bonchev–Trinajstić information content (AvgIpc) is 2.96. The van der Waals surface area contributed by atoms with Gasteiger partial charge in [0.05, 0.1) is 5.69 Å². The number of amides is 1. The molecule has 0 saturated carbocycles. The number of hydrogen-bond acceptors (Lipinski definition) is 4. The molecule has 1 unspecified atom stereocenters. The third-order valence-electron chi connectivity index (χ3n) is 4.20. The number of nitrogens with one attached hydrogen (secondary N) is 1. The summed E-state index contributed by atoms with van der Waals surface area (Å²) in [5.41, 5.74) is 1.80. The second kappa shape index (κ2) is 9.74. The van der Waals surface area contributed by atoms with Crippen molar-refractivity contribution < 1.29 is 4.79 Å². The number of rotatable bonds is 3. The summed E-state index contributed by atoms with van der Waals surface area (Å²) in [6.45, 7) is 3.50. The summed E-state index contributed by atoms with van der Waals surface area (Å²) in [5, 5.41) is 4.84. The number of halogens is 3. The Morgan fingerprint density at radius 3 is 2.64 bits per heavy atom. The van der Waals surface area contributed by atoms with E-state index < -0.39 is 0 Å². The second-order valence-corrected chi connectivity index (χ2v) is 7.25. The molecular formula is C17H22Cl3N3OS. The SMILES string of the molecule is CNC1CCCN(C(=O)c2sc(-c3ccc(Cl)cc3)nc2C)C1.Cl.Cl. The maximum atomic E-state index is 12.8. The van der Waals surface area contributed by atoms with E-state index in [0.717, 1.165) is 47.1 Å². The van der Waals surface area contributed by atoms with Crippen molar-refractivity contribution in [2.75, 3.05) is 20.1 Å². The highest BCUT2D eigenvalue weighted by atomic mass is 35.5. The fourth-order valence-electron chi connectivity index (χ4n) is 2.85. The number of likely N-dealkylation sites (tertiary alicyclic amines) is 1. The molecule has 1 aromatic heterocycles. The van der Waals surface area contributed by atoms with Crippen LogP contribution in [0.4, 0.5) is 0 Å². The van der Waals surface area contributed by atoms with Crippen LogP contribution in [-0.2, 0) is 0 Å². The number of aryl methyl sites for hydroxylation is 1. The molecule has 2 aromatic rings. The molecule has 0 spiro atoms. The Kier molecular flexibility index (Phi) is 8.64. The third-order valence-corrected chi connectivity index (χ3v) is 5.65. The molecule has 1 amide bonds. The first-order chi connectivity index (χ1) is 11.1. The molecule has 0 aliphatic carbocycles. The Hall–Kier alpha value is -0.850. The third kappa shape index (κ3) is 5.08. The molecule has 2 heterocycles. The minimum atomic E-state index is 0. The van der Waals surface area contributed by atoms with Crippen LogP contribution in [0.25, 0.3) is 10.6 Å². The number of aromatic nitrogens is 1. The predicted molar refractivity (Wildman–Crippen MR) is 110 cm³/mol. The summed E-state index contributed by atoms with van der Waals surface area (Å²) < 4.78 is 0. The molecular weight excluding hydrogens is 401 g/mol. The molecule has 1 aliphatic rings. The van der Waals surface area contributed by atoms with Gasteiger partial charge in [-0.3, -0.25) is 4.79 Å². The fourth-order valence-corrected chi connectivity index (χ4v) is 4.02. The fraction of sp³-hybridized carbons (Fsp3) is 0.412. The highest BCUT2D eigenvalue weighted by Gasteiger charge is 2.26. The largest absolute Gasteiger partial charge is 0.336 e. The predicted octanol–water partition coefficient (Wildman–Crippen LogP) is 4.44. The van der Waals surface area contributed by atoms with Gasteiger partial charge < -0.3 is 10.2 Å². The topological polar surface area (TPSA) is 45.2 Å². The van der Waals surface area contributed by atoms with Crippen LogP contribution in [0.1, 0.15) is 28.2 Å². The molecule has 1 aromatic carbocycles. The van der Waals surface area contributed by atoms with Crippen LogP contribution >= 0.6 is 47.8 Å². The lowest BCUT2D eigenvalue weighted by atomic mass is 10.1. The van der Waals surface area contributed by atoms with Gasteiger partial charge in [0.25, 0.3) is 5.91 Å². The van der Waals surface area contributed by atoms with Gasteiger partial charge in [-0.1, -0.05) is 23.7 Å². The molecule has 1 saturated heterocycles. The van der Waals surface area contributed by atoms with Crippen LogP contribution in [-0.4, -0.2) is 42.0 Å². The van der Waals surface area contributed by atoms with Gasteiger partial charge in [-0.15, -0.1) is 36.2 Å². The summed E-state index contributed by atoms with van der Waals surface area (Å²) in [5.74, 6) is 0.0974. The number of benzene rings is 1. The Bertz CT molecular complexity index is 706. The number of piperidine rings is 1. The zero-order valence-electron chi connectivity index (χ0n) is 14.1. The number of nitrogens with zero attached hydrogens (tertiary/aromatic N) is 2. The Balaban J connectivity index is 0.00000156. The highest BCUT2D eigenvalue weighted by molar-refractivity contribution is 7.17. The van der Waals surface area contributed by atoms with Crippen LogP contribution in [0, 0.1) is 6.92 Å². The minimum absolute atomic E-state index is 0. The van der Waals surface area contributed by atoms with Crippen molar-refractivity contribution in [2.45, 2.75) is 25.8 Å². The summed E-state index contributed by atoms with van der Waals surface area (Å²) in [4.78, 5) is 20.1. The van der Waals surface area contributed by atoms with Crippen molar-refractivity contribution in [3.8, 4) is 10.6 Å². The molecule has 3 rings (SSSR count). The number of carbonyl (C=O) groups is 1. The monoisotopic (exact) mass is 421 g/mol. The number of likely N-dealkylation sites (N-methyl/N-ethyl adjacent to an activating group) is 1. The molecule has 1 N–H and O–H groups in total. The van der Waals surface area contributed by atoms with E-state index in [1.807, 2.05) is 43.1 Å². The van der Waals surface area contributed by atoms with Gasteiger partial charge in [-0.2, -0.15) is 0 Å². The van der Waals surface area contributed by atoms with Crippen molar-refractivity contribution in [2.24, 2.45) is 0 Å². The normalized spacial score (nSPS) is 16.8. The molecule has 1 aliphatic heterocycles. The van der Waals surface area contributed by atoms with Gasteiger partial charge in [0.2, 0.25) is 0 Å². The molecule has 0 radical (unpaired) electrons. The van der Waals surface area contributed by atoms with E-state index in [1.165, 1.54) is 11.3 Å². The Morgan fingerprint density at radius 1 is 1.32 bits per heavy atom.